The van der Waals surface area contributed by atoms with Gasteiger partial charge in [0, 0.05) is 19.5 Å². The summed E-state index contributed by atoms with van der Waals surface area (Å²) in [6.45, 7) is 2.94. The second-order valence-corrected chi connectivity index (χ2v) is 3.06. The molecule has 0 unspecified atom stereocenters. The normalized spacial score (nSPS) is 19.1. The molecule has 1 amide bonds. The molecular weight excluding hydrogens is 176 g/mol. The topological polar surface area (TPSA) is 41.6 Å². The third kappa shape index (κ3) is 3.42. The summed E-state index contributed by atoms with van der Waals surface area (Å²) in [5.41, 5.74) is 2.79. The molecule has 1 N–H and O–H groups in total. The molecule has 0 atom stereocenters. The van der Waals surface area contributed by atoms with E-state index in [1.165, 1.54) is 0 Å². The Morgan fingerprint density at radius 1 is 1.50 bits per heavy atom. The summed E-state index contributed by atoms with van der Waals surface area (Å²) in [5, 5.41) is 1.88. The summed E-state index contributed by atoms with van der Waals surface area (Å²) in [4.78, 5) is 11.1. The zero-order valence-corrected chi connectivity index (χ0v) is 7.85. The molecule has 0 bridgehead atoms. The molecule has 0 spiro atoms. The van der Waals surface area contributed by atoms with E-state index in [0.717, 1.165) is 13.1 Å². The van der Waals surface area contributed by atoms with Gasteiger partial charge in [-0.1, -0.05) is 0 Å². The van der Waals surface area contributed by atoms with E-state index in [1.54, 1.807) is 0 Å². The maximum Gasteiger partial charge on any atom is 0.235 e. The number of ether oxygens (including phenoxy) is 1. The summed E-state index contributed by atoms with van der Waals surface area (Å²) in [6, 6.07) is 0. The second-order valence-electron chi connectivity index (χ2n) is 2.61. The van der Waals surface area contributed by atoms with E-state index >= 15 is 0 Å². The predicted molar refractivity (Wildman–Crippen MR) is 49.0 cm³/mol. The van der Waals surface area contributed by atoms with Crippen molar-refractivity contribution in [3.63, 3.8) is 0 Å². The van der Waals surface area contributed by atoms with Gasteiger partial charge < -0.3 is 4.74 Å². The number of carbonyl (C=O) groups excluding carboxylic acids is 1. The third-order valence-corrected chi connectivity index (χ3v) is 1.86. The number of hydrogen-bond acceptors (Lipinski definition) is 4. The van der Waals surface area contributed by atoms with Gasteiger partial charge in [-0.05, 0) is 5.75 Å². The molecule has 12 heavy (non-hydrogen) atoms. The number of thiol groups is 1. The number of nitrogens with zero attached hydrogens (tertiary/aromatic N) is 1. The van der Waals surface area contributed by atoms with Crippen molar-refractivity contribution in [1.29, 1.82) is 0 Å². The van der Waals surface area contributed by atoms with E-state index in [9.17, 15) is 4.79 Å². The maximum atomic E-state index is 11.1. The minimum atomic E-state index is 0.0342. The van der Waals surface area contributed by atoms with Crippen molar-refractivity contribution in [3.8, 4) is 0 Å². The van der Waals surface area contributed by atoms with Gasteiger partial charge >= 0.3 is 0 Å². The first-order valence-corrected chi connectivity index (χ1v) is 4.69. The largest absolute Gasteiger partial charge is 0.379 e. The molecule has 1 aliphatic heterocycles. The molecule has 0 aromatic rings. The van der Waals surface area contributed by atoms with Crippen LogP contribution in [0.4, 0.5) is 0 Å². The minimum Gasteiger partial charge on any atom is -0.379 e. The van der Waals surface area contributed by atoms with Gasteiger partial charge in [-0.3, -0.25) is 10.2 Å². The molecule has 5 heteroatoms. The average molecular weight is 190 g/mol. The van der Waals surface area contributed by atoms with E-state index in [-0.39, 0.29) is 5.91 Å². The lowest BCUT2D eigenvalue weighted by molar-refractivity contribution is -0.127. The van der Waals surface area contributed by atoms with Gasteiger partial charge in [0.05, 0.1) is 13.2 Å². The Kier molecular flexibility index (Phi) is 4.42. The fraction of sp³-hybridized carbons (Fsp3) is 0.857. The highest BCUT2D eigenvalue weighted by atomic mass is 32.1. The summed E-state index contributed by atoms with van der Waals surface area (Å²) >= 11 is 3.97. The highest BCUT2D eigenvalue weighted by Gasteiger charge is 2.11. The molecule has 4 nitrogen and oxygen atoms in total. The third-order valence-electron chi connectivity index (χ3n) is 1.63. The number of nitrogens with one attached hydrogen (secondary N) is 1. The molecule has 0 aromatic carbocycles. The molecule has 1 saturated heterocycles. The molecule has 0 radical (unpaired) electrons. The summed E-state index contributed by atoms with van der Waals surface area (Å²) in [5.74, 6) is 0.628. The van der Waals surface area contributed by atoms with Gasteiger partial charge in [-0.2, -0.15) is 12.6 Å². The van der Waals surface area contributed by atoms with Crippen LogP contribution in [0.1, 0.15) is 6.42 Å². The smallest absolute Gasteiger partial charge is 0.235 e. The maximum absolute atomic E-state index is 11.1. The lowest BCUT2D eigenvalue weighted by atomic mass is 10.4. The van der Waals surface area contributed by atoms with E-state index in [2.05, 4.69) is 18.1 Å². The fourth-order valence-corrected chi connectivity index (χ4v) is 1.21. The van der Waals surface area contributed by atoms with Crippen molar-refractivity contribution in [1.82, 2.24) is 10.4 Å². The van der Waals surface area contributed by atoms with Crippen molar-refractivity contribution in [2.45, 2.75) is 6.42 Å². The van der Waals surface area contributed by atoms with Crippen LogP contribution in [-0.2, 0) is 9.53 Å². The van der Waals surface area contributed by atoms with Crippen molar-refractivity contribution < 1.29 is 9.53 Å². The number of hydrazine groups is 1. The van der Waals surface area contributed by atoms with Crippen LogP contribution in [0.2, 0.25) is 0 Å². The quantitative estimate of drug-likeness (QED) is 0.599. The summed E-state index contributed by atoms with van der Waals surface area (Å²) in [6.07, 6.45) is 0.473. The predicted octanol–water partition coefficient (Wildman–Crippen LogP) is -0.330. The highest BCUT2D eigenvalue weighted by Crippen LogP contribution is 1.93. The van der Waals surface area contributed by atoms with Gasteiger partial charge in [0.1, 0.15) is 0 Å². The van der Waals surface area contributed by atoms with E-state index in [0.29, 0.717) is 25.4 Å². The zero-order chi connectivity index (χ0) is 8.81. The fourth-order valence-electron chi connectivity index (χ4n) is 1.01. The van der Waals surface area contributed by atoms with E-state index < -0.39 is 0 Å². The minimum absolute atomic E-state index is 0.0342. The van der Waals surface area contributed by atoms with E-state index in [4.69, 9.17) is 4.74 Å². The van der Waals surface area contributed by atoms with E-state index in [1.807, 2.05) is 5.01 Å². The van der Waals surface area contributed by atoms with Crippen LogP contribution in [0.15, 0.2) is 0 Å². The van der Waals surface area contributed by atoms with Crippen LogP contribution in [0, 0.1) is 0 Å². The molecule has 70 valence electrons. The second kappa shape index (κ2) is 5.40. The monoisotopic (exact) mass is 190 g/mol. The number of rotatable bonds is 3. The Labute approximate surface area is 77.6 Å². The van der Waals surface area contributed by atoms with Crippen molar-refractivity contribution >= 4 is 18.5 Å². The molecular formula is C7H14N2O2S. The standard InChI is InChI=1S/C7H14N2O2S/c10-7(1-6-12)8-9-2-4-11-5-3-9/h12H,1-6H2,(H,8,10). The van der Waals surface area contributed by atoms with Crippen LogP contribution in [0.3, 0.4) is 0 Å². The van der Waals surface area contributed by atoms with Crippen LogP contribution in [0.25, 0.3) is 0 Å². The highest BCUT2D eigenvalue weighted by molar-refractivity contribution is 7.80. The number of amides is 1. The molecule has 0 aromatic heterocycles. The molecule has 1 heterocycles. The Bertz CT molecular complexity index is 148. The van der Waals surface area contributed by atoms with Gasteiger partial charge in [0.15, 0.2) is 0 Å². The van der Waals surface area contributed by atoms with Crippen LogP contribution < -0.4 is 5.43 Å². The summed E-state index contributed by atoms with van der Waals surface area (Å²) < 4.78 is 5.13. The lowest BCUT2D eigenvalue weighted by Gasteiger charge is -2.26. The van der Waals surface area contributed by atoms with Gasteiger partial charge in [0.25, 0.3) is 0 Å². The number of hydrogen-bond donors (Lipinski definition) is 2. The Balaban J connectivity index is 2.15. The van der Waals surface area contributed by atoms with Gasteiger partial charge in [-0.25, -0.2) is 5.01 Å². The van der Waals surface area contributed by atoms with Crippen LogP contribution in [-0.4, -0.2) is 43.0 Å². The lowest BCUT2D eigenvalue weighted by Crippen LogP contribution is -2.48. The first kappa shape index (κ1) is 9.83. The van der Waals surface area contributed by atoms with Crippen LogP contribution >= 0.6 is 12.6 Å². The summed E-state index contributed by atoms with van der Waals surface area (Å²) in [7, 11) is 0. The van der Waals surface area contributed by atoms with Crippen molar-refractivity contribution in [2.75, 3.05) is 32.1 Å². The first-order valence-electron chi connectivity index (χ1n) is 4.06. The Hall–Kier alpha value is -0.260. The molecule has 1 aliphatic rings. The average Bonchev–Trinajstić information content (AvgIpc) is 2.06. The van der Waals surface area contributed by atoms with Crippen LogP contribution in [0.5, 0.6) is 0 Å². The van der Waals surface area contributed by atoms with Gasteiger partial charge in [-0.15, -0.1) is 0 Å². The van der Waals surface area contributed by atoms with Gasteiger partial charge in [0.2, 0.25) is 5.91 Å². The molecule has 0 aliphatic carbocycles. The van der Waals surface area contributed by atoms with Crippen molar-refractivity contribution in [3.05, 3.63) is 0 Å². The van der Waals surface area contributed by atoms with Crippen molar-refractivity contribution in [2.24, 2.45) is 0 Å². The number of carbonyl (C=O) groups is 1. The Morgan fingerprint density at radius 2 is 2.17 bits per heavy atom. The SMILES string of the molecule is O=C(CCS)NN1CCOCC1. The first-order chi connectivity index (χ1) is 5.83. The molecule has 1 fully saturated rings. The number of morpholine rings is 1. The zero-order valence-electron chi connectivity index (χ0n) is 6.95. The molecule has 1 rings (SSSR count). The molecule has 0 saturated carbocycles. The Morgan fingerprint density at radius 3 is 2.75 bits per heavy atom.